The number of esters is 1. The average Bonchev–Trinajstić information content (AvgIpc) is 2.98. The zero-order valence-electron chi connectivity index (χ0n) is 17.3. The lowest BCUT2D eigenvalue weighted by Gasteiger charge is -2.19. The van der Waals surface area contributed by atoms with Gasteiger partial charge in [0, 0.05) is 12.2 Å². The number of methoxy groups -OCH3 is 1. The smallest absolute Gasteiger partial charge is 0.337 e. The summed E-state index contributed by atoms with van der Waals surface area (Å²) in [6.45, 7) is 5.69. The van der Waals surface area contributed by atoms with Crippen LogP contribution < -0.4 is 10.2 Å². The zero-order chi connectivity index (χ0) is 22.5. The fourth-order valence-electron chi connectivity index (χ4n) is 3.31. The van der Waals surface area contributed by atoms with Crippen LogP contribution in [0.2, 0.25) is 0 Å². The number of ether oxygens (including phenoxy) is 1. The minimum Gasteiger partial charge on any atom is -0.465 e. The van der Waals surface area contributed by atoms with Gasteiger partial charge >= 0.3 is 12.0 Å². The van der Waals surface area contributed by atoms with Crippen LogP contribution in [-0.4, -0.2) is 48.4 Å². The average molecular weight is 421 g/mol. The van der Waals surface area contributed by atoms with Gasteiger partial charge in [-0.05, 0) is 43.3 Å². The summed E-state index contributed by atoms with van der Waals surface area (Å²) in [6.07, 6.45) is 1.31. The first-order valence-corrected chi connectivity index (χ1v) is 9.66. The van der Waals surface area contributed by atoms with E-state index in [1.807, 2.05) is 19.1 Å². The molecule has 8 heteroatoms. The van der Waals surface area contributed by atoms with Crippen LogP contribution >= 0.6 is 0 Å². The van der Waals surface area contributed by atoms with Crippen LogP contribution in [0.25, 0.3) is 0 Å². The van der Waals surface area contributed by atoms with Gasteiger partial charge in [0.25, 0.3) is 5.91 Å². The summed E-state index contributed by atoms with van der Waals surface area (Å²) >= 11 is 0. The number of carbonyl (C=O) groups excluding carboxylic acids is 4. The molecule has 2 aromatic rings. The summed E-state index contributed by atoms with van der Waals surface area (Å²) in [5, 5.41) is 2.69. The first-order chi connectivity index (χ1) is 14.8. The molecule has 0 saturated carbocycles. The maximum Gasteiger partial charge on any atom is 0.337 e. The molecule has 0 spiro atoms. The van der Waals surface area contributed by atoms with Gasteiger partial charge in [0.15, 0.2) is 0 Å². The molecule has 0 aliphatic carbocycles. The van der Waals surface area contributed by atoms with E-state index in [1.54, 1.807) is 24.3 Å². The molecule has 1 aliphatic heterocycles. The first-order valence-electron chi connectivity index (χ1n) is 9.66. The third kappa shape index (κ3) is 4.63. The lowest BCUT2D eigenvalue weighted by Crippen LogP contribution is -2.38. The predicted molar refractivity (Wildman–Crippen MR) is 116 cm³/mol. The molecule has 160 valence electrons. The van der Waals surface area contributed by atoms with Gasteiger partial charge in [-0.1, -0.05) is 23.8 Å². The number of amides is 4. The van der Waals surface area contributed by atoms with Crippen LogP contribution in [0.1, 0.15) is 22.3 Å². The first kappa shape index (κ1) is 21.8. The number of urea groups is 1. The van der Waals surface area contributed by atoms with Crippen molar-refractivity contribution in [3.8, 4) is 0 Å². The molecule has 1 aliphatic rings. The lowest BCUT2D eigenvalue weighted by molar-refractivity contribution is -0.124. The molecule has 4 amide bonds. The highest BCUT2D eigenvalue weighted by molar-refractivity contribution is 6.22. The summed E-state index contributed by atoms with van der Waals surface area (Å²) in [4.78, 5) is 52.4. The monoisotopic (exact) mass is 421 g/mol. The molecule has 0 aromatic heterocycles. The number of carbonyl (C=O) groups is 4. The minimum atomic E-state index is -0.943. The molecular weight excluding hydrogens is 398 g/mol. The van der Waals surface area contributed by atoms with E-state index in [0.29, 0.717) is 16.9 Å². The Morgan fingerprint density at radius 2 is 1.74 bits per heavy atom. The third-order valence-electron chi connectivity index (χ3n) is 4.91. The number of hydrogen-bond acceptors (Lipinski definition) is 5. The molecule has 1 saturated heterocycles. The van der Waals surface area contributed by atoms with E-state index in [1.165, 1.54) is 30.2 Å². The van der Waals surface area contributed by atoms with Gasteiger partial charge in [-0.15, -0.1) is 6.58 Å². The quantitative estimate of drug-likeness (QED) is 0.421. The van der Waals surface area contributed by atoms with Gasteiger partial charge in [0.05, 0.1) is 24.8 Å². The second-order valence-electron chi connectivity index (χ2n) is 7.07. The van der Waals surface area contributed by atoms with Crippen LogP contribution in [0.15, 0.2) is 61.2 Å². The highest BCUT2D eigenvalue weighted by Crippen LogP contribution is 2.27. The van der Waals surface area contributed by atoms with Crippen LogP contribution in [0.5, 0.6) is 0 Å². The number of aryl methyl sites for hydroxylation is 1. The fourth-order valence-corrected chi connectivity index (χ4v) is 3.31. The van der Waals surface area contributed by atoms with Crippen molar-refractivity contribution >= 4 is 35.2 Å². The number of anilines is 2. The number of imide groups is 1. The highest BCUT2D eigenvalue weighted by Gasteiger charge is 2.46. The molecule has 1 fully saturated rings. The van der Waals surface area contributed by atoms with Crippen molar-refractivity contribution in [1.29, 1.82) is 0 Å². The molecule has 1 unspecified atom stereocenters. The van der Waals surface area contributed by atoms with Gasteiger partial charge in [-0.2, -0.15) is 0 Å². The molecule has 8 nitrogen and oxygen atoms in total. The minimum absolute atomic E-state index is 0.138. The second kappa shape index (κ2) is 9.25. The standard InChI is InChI=1S/C23H23N3O5/c1-4-13-25-19(21(28)26(23(25)30)18-11-5-15(2)6-12-18)14-20(27)24-17-9-7-16(8-10-17)22(29)31-3/h4-12,19H,1,13-14H2,2-3H3,(H,24,27). The summed E-state index contributed by atoms with van der Waals surface area (Å²) in [5.41, 5.74) is 2.26. The van der Waals surface area contributed by atoms with E-state index in [0.717, 1.165) is 10.5 Å². The SMILES string of the molecule is C=CCN1C(=O)N(c2ccc(C)cc2)C(=O)C1CC(=O)Nc1ccc(C(=O)OC)cc1. The van der Waals surface area contributed by atoms with Crippen molar-refractivity contribution in [3.63, 3.8) is 0 Å². The van der Waals surface area contributed by atoms with Crippen molar-refractivity contribution < 1.29 is 23.9 Å². The number of hydrogen-bond donors (Lipinski definition) is 1. The van der Waals surface area contributed by atoms with Crippen molar-refractivity contribution in [2.24, 2.45) is 0 Å². The second-order valence-corrected chi connectivity index (χ2v) is 7.07. The molecule has 0 bridgehead atoms. The van der Waals surface area contributed by atoms with Crippen molar-refractivity contribution in [1.82, 2.24) is 4.90 Å². The summed E-state index contributed by atoms with van der Waals surface area (Å²) in [7, 11) is 1.28. The predicted octanol–water partition coefficient (Wildman–Crippen LogP) is 3.13. The van der Waals surface area contributed by atoms with E-state index in [9.17, 15) is 19.2 Å². The van der Waals surface area contributed by atoms with E-state index >= 15 is 0 Å². The van der Waals surface area contributed by atoms with Crippen molar-refractivity contribution in [3.05, 3.63) is 72.3 Å². The van der Waals surface area contributed by atoms with Crippen LogP contribution in [0.4, 0.5) is 16.2 Å². The van der Waals surface area contributed by atoms with E-state index < -0.39 is 29.9 Å². The summed E-state index contributed by atoms with van der Waals surface area (Å²) < 4.78 is 4.64. The van der Waals surface area contributed by atoms with Gasteiger partial charge in [0.2, 0.25) is 5.91 Å². The van der Waals surface area contributed by atoms with Crippen molar-refractivity contribution in [2.75, 3.05) is 23.9 Å². The summed E-state index contributed by atoms with van der Waals surface area (Å²) in [5.74, 6) is -1.38. The zero-order valence-corrected chi connectivity index (χ0v) is 17.3. The summed E-state index contributed by atoms with van der Waals surface area (Å²) in [6, 6.07) is 11.7. The number of rotatable bonds is 7. The lowest BCUT2D eigenvalue weighted by atomic mass is 10.1. The van der Waals surface area contributed by atoms with Crippen molar-refractivity contribution in [2.45, 2.75) is 19.4 Å². The molecule has 31 heavy (non-hydrogen) atoms. The molecule has 1 N–H and O–H groups in total. The fraction of sp³-hybridized carbons (Fsp3) is 0.217. The van der Waals surface area contributed by atoms with Gasteiger partial charge < -0.3 is 15.0 Å². The molecular formula is C23H23N3O5. The Kier molecular flexibility index (Phi) is 6.49. The Balaban J connectivity index is 1.75. The number of nitrogens with one attached hydrogen (secondary N) is 1. The van der Waals surface area contributed by atoms with Crippen LogP contribution in [-0.2, 0) is 14.3 Å². The van der Waals surface area contributed by atoms with Crippen LogP contribution in [0.3, 0.4) is 0 Å². The highest BCUT2D eigenvalue weighted by atomic mass is 16.5. The topological polar surface area (TPSA) is 96.0 Å². The maximum absolute atomic E-state index is 13.0. The molecule has 3 rings (SSSR count). The van der Waals surface area contributed by atoms with E-state index in [2.05, 4.69) is 16.6 Å². The largest absolute Gasteiger partial charge is 0.465 e. The Hall–Kier alpha value is -3.94. The Labute approximate surface area is 180 Å². The molecule has 2 aromatic carbocycles. The van der Waals surface area contributed by atoms with Crippen LogP contribution in [0, 0.1) is 6.92 Å². The Bertz CT molecular complexity index is 1010. The van der Waals surface area contributed by atoms with Gasteiger partial charge in [-0.3, -0.25) is 9.59 Å². The molecule has 0 radical (unpaired) electrons. The van der Waals surface area contributed by atoms with Gasteiger partial charge in [0.1, 0.15) is 6.04 Å². The number of nitrogens with zero attached hydrogens (tertiary/aromatic N) is 2. The third-order valence-corrected chi connectivity index (χ3v) is 4.91. The Morgan fingerprint density at radius 1 is 1.10 bits per heavy atom. The normalized spacial score (nSPS) is 15.7. The maximum atomic E-state index is 13.0. The van der Waals surface area contributed by atoms with E-state index in [-0.39, 0.29) is 13.0 Å². The molecule has 1 atom stereocenters. The van der Waals surface area contributed by atoms with Gasteiger partial charge in [-0.25, -0.2) is 14.5 Å². The Morgan fingerprint density at radius 3 is 2.32 bits per heavy atom. The molecule has 1 heterocycles. The number of benzene rings is 2. The van der Waals surface area contributed by atoms with E-state index in [4.69, 9.17) is 0 Å².